The predicted octanol–water partition coefficient (Wildman–Crippen LogP) is 2.46. The van der Waals surface area contributed by atoms with E-state index in [-0.39, 0.29) is 0 Å². The number of nitrogens with zero attached hydrogens (tertiary/aromatic N) is 1. The largest absolute Gasteiger partial charge is 0.337 e. The van der Waals surface area contributed by atoms with Crippen molar-refractivity contribution in [1.82, 2.24) is 10.2 Å². The smallest absolute Gasteiger partial charge is 0.223 e. The molecule has 2 unspecified atom stereocenters. The molecule has 1 amide bonds. The normalized spacial score (nSPS) is 23.1. The fraction of sp³-hybridized carbons (Fsp3) is 0.588. The molecule has 0 saturated carbocycles. The number of carbonyl (C=O) groups is 1. The Morgan fingerprint density at radius 3 is 2.70 bits per heavy atom. The van der Waals surface area contributed by atoms with Gasteiger partial charge < -0.3 is 10.2 Å². The van der Waals surface area contributed by atoms with E-state index in [2.05, 4.69) is 43.1 Å². The lowest BCUT2D eigenvalue weighted by atomic mass is 9.97. The van der Waals surface area contributed by atoms with Crippen molar-refractivity contribution in [3.8, 4) is 0 Å². The Morgan fingerprint density at radius 1 is 1.35 bits per heavy atom. The summed E-state index contributed by atoms with van der Waals surface area (Å²) in [6, 6.07) is 11.0. The molecule has 1 aromatic rings. The molecule has 1 heterocycles. The molecule has 1 aliphatic rings. The van der Waals surface area contributed by atoms with Gasteiger partial charge >= 0.3 is 0 Å². The average molecular weight is 274 g/mol. The zero-order chi connectivity index (χ0) is 14.5. The molecule has 2 rings (SSSR count). The number of hydrogen-bond donors (Lipinski definition) is 1. The van der Waals surface area contributed by atoms with E-state index < -0.39 is 0 Å². The number of rotatable bonds is 4. The van der Waals surface area contributed by atoms with Crippen molar-refractivity contribution >= 4 is 5.91 Å². The number of hydrogen-bond acceptors (Lipinski definition) is 2. The fourth-order valence-electron chi connectivity index (χ4n) is 2.85. The highest BCUT2D eigenvalue weighted by Gasteiger charge is 2.30. The summed E-state index contributed by atoms with van der Waals surface area (Å²) >= 11 is 0. The van der Waals surface area contributed by atoms with Gasteiger partial charge in [0.15, 0.2) is 0 Å². The summed E-state index contributed by atoms with van der Waals surface area (Å²) in [4.78, 5) is 14.6. The third kappa shape index (κ3) is 3.83. The SMILES string of the molecule is CC1CN(C(=O)CCc2ccccc2)C(C(C)C)CN1. The van der Waals surface area contributed by atoms with Crippen LogP contribution in [0.25, 0.3) is 0 Å². The Balaban J connectivity index is 1.95. The van der Waals surface area contributed by atoms with Crippen LogP contribution in [0.2, 0.25) is 0 Å². The maximum absolute atomic E-state index is 12.5. The zero-order valence-electron chi connectivity index (χ0n) is 12.8. The lowest BCUT2D eigenvalue weighted by molar-refractivity contribution is -0.136. The molecule has 0 spiro atoms. The number of carbonyl (C=O) groups excluding carboxylic acids is 1. The Hall–Kier alpha value is -1.35. The van der Waals surface area contributed by atoms with Crippen LogP contribution < -0.4 is 5.32 Å². The van der Waals surface area contributed by atoms with E-state index in [1.54, 1.807) is 0 Å². The van der Waals surface area contributed by atoms with E-state index in [4.69, 9.17) is 0 Å². The molecule has 1 aliphatic heterocycles. The topological polar surface area (TPSA) is 32.3 Å². The minimum Gasteiger partial charge on any atom is -0.337 e. The van der Waals surface area contributed by atoms with Gasteiger partial charge in [-0.05, 0) is 24.8 Å². The maximum Gasteiger partial charge on any atom is 0.223 e. The molecule has 0 aliphatic carbocycles. The van der Waals surface area contributed by atoms with Crippen LogP contribution in [0, 0.1) is 5.92 Å². The average Bonchev–Trinajstić information content (AvgIpc) is 2.45. The molecule has 3 heteroatoms. The van der Waals surface area contributed by atoms with Gasteiger partial charge in [0.2, 0.25) is 5.91 Å². The predicted molar refractivity (Wildman–Crippen MR) is 82.6 cm³/mol. The lowest BCUT2D eigenvalue weighted by Gasteiger charge is -2.41. The van der Waals surface area contributed by atoms with Crippen molar-refractivity contribution in [2.75, 3.05) is 13.1 Å². The van der Waals surface area contributed by atoms with E-state index in [1.165, 1.54) is 5.56 Å². The van der Waals surface area contributed by atoms with Crippen molar-refractivity contribution in [3.63, 3.8) is 0 Å². The maximum atomic E-state index is 12.5. The molecule has 3 nitrogen and oxygen atoms in total. The summed E-state index contributed by atoms with van der Waals surface area (Å²) in [5.74, 6) is 0.788. The summed E-state index contributed by atoms with van der Waals surface area (Å²) in [7, 11) is 0. The first-order valence-electron chi connectivity index (χ1n) is 7.64. The van der Waals surface area contributed by atoms with Gasteiger partial charge in [0.1, 0.15) is 0 Å². The molecule has 110 valence electrons. The number of aryl methyl sites for hydroxylation is 1. The van der Waals surface area contributed by atoms with Crippen LogP contribution in [0.1, 0.15) is 32.8 Å². The van der Waals surface area contributed by atoms with E-state index in [1.807, 2.05) is 18.2 Å². The molecule has 2 atom stereocenters. The number of nitrogens with one attached hydrogen (secondary N) is 1. The number of amides is 1. The van der Waals surface area contributed by atoms with Crippen LogP contribution in [0.4, 0.5) is 0 Å². The van der Waals surface area contributed by atoms with Crippen LogP contribution in [-0.2, 0) is 11.2 Å². The van der Waals surface area contributed by atoms with Crippen molar-refractivity contribution in [2.45, 2.75) is 45.7 Å². The first-order chi connectivity index (χ1) is 9.58. The molecule has 0 aromatic heterocycles. The van der Waals surface area contributed by atoms with Crippen molar-refractivity contribution in [1.29, 1.82) is 0 Å². The van der Waals surface area contributed by atoms with Crippen LogP contribution in [0.15, 0.2) is 30.3 Å². The van der Waals surface area contributed by atoms with Gasteiger partial charge in [0.05, 0.1) is 0 Å². The molecule has 20 heavy (non-hydrogen) atoms. The van der Waals surface area contributed by atoms with E-state index in [9.17, 15) is 4.79 Å². The van der Waals surface area contributed by atoms with Crippen LogP contribution >= 0.6 is 0 Å². The van der Waals surface area contributed by atoms with E-state index in [0.717, 1.165) is 19.5 Å². The van der Waals surface area contributed by atoms with Crippen LogP contribution in [-0.4, -0.2) is 36.0 Å². The third-order valence-corrected chi connectivity index (χ3v) is 4.11. The quantitative estimate of drug-likeness (QED) is 0.915. The molecule has 0 radical (unpaired) electrons. The van der Waals surface area contributed by atoms with Gasteiger partial charge in [-0.15, -0.1) is 0 Å². The van der Waals surface area contributed by atoms with Crippen molar-refractivity contribution in [2.24, 2.45) is 5.92 Å². The van der Waals surface area contributed by atoms with Crippen molar-refractivity contribution in [3.05, 3.63) is 35.9 Å². The summed E-state index contributed by atoms with van der Waals surface area (Å²) < 4.78 is 0. The van der Waals surface area contributed by atoms with E-state index >= 15 is 0 Å². The van der Waals surface area contributed by atoms with Gasteiger partial charge in [0.25, 0.3) is 0 Å². The highest BCUT2D eigenvalue weighted by molar-refractivity contribution is 5.77. The van der Waals surface area contributed by atoms with Crippen LogP contribution in [0.3, 0.4) is 0 Å². The first kappa shape index (κ1) is 15.0. The minimum atomic E-state index is 0.293. The molecule has 1 fully saturated rings. The van der Waals surface area contributed by atoms with E-state index in [0.29, 0.717) is 30.3 Å². The Labute approximate surface area is 122 Å². The Morgan fingerprint density at radius 2 is 2.05 bits per heavy atom. The minimum absolute atomic E-state index is 0.293. The fourth-order valence-corrected chi connectivity index (χ4v) is 2.85. The third-order valence-electron chi connectivity index (χ3n) is 4.11. The summed E-state index contributed by atoms with van der Waals surface area (Å²) in [6.45, 7) is 8.28. The zero-order valence-corrected chi connectivity index (χ0v) is 12.8. The van der Waals surface area contributed by atoms with Gasteiger partial charge in [-0.2, -0.15) is 0 Å². The summed E-state index contributed by atoms with van der Waals surface area (Å²) in [6.07, 6.45) is 1.45. The summed E-state index contributed by atoms with van der Waals surface area (Å²) in [5, 5.41) is 3.48. The first-order valence-corrected chi connectivity index (χ1v) is 7.64. The number of benzene rings is 1. The summed E-state index contributed by atoms with van der Waals surface area (Å²) in [5.41, 5.74) is 1.24. The highest BCUT2D eigenvalue weighted by atomic mass is 16.2. The van der Waals surface area contributed by atoms with Gasteiger partial charge in [0, 0.05) is 31.6 Å². The molecular weight excluding hydrogens is 248 g/mol. The second kappa shape index (κ2) is 6.89. The molecule has 1 saturated heterocycles. The second-order valence-electron chi connectivity index (χ2n) is 6.15. The molecule has 1 N–H and O–H groups in total. The molecule has 0 bridgehead atoms. The monoisotopic (exact) mass is 274 g/mol. The van der Waals surface area contributed by atoms with Crippen LogP contribution in [0.5, 0.6) is 0 Å². The second-order valence-corrected chi connectivity index (χ2v) is 6.15. The molecular formula is C17H26N2O. The Bertz CT molecular complexity index is 430. The van der Waals surface area contributed by atoms with Gasteiger partial charge in [-0.25, -0.2) is 0 Å². The van der Waals surface area contributed by atoms with Gasteiger partial charge in [-0.3, -0.25) is 4.79 Å². The highest BCUT2D eigenvalue weighted by Crippen LogP contribution is 2.17. The lowest BCUT2D eigenvalue weighted by Crippen LogP contribution is -2.59. The Kier molecular flexibility index (Phi) is 5.18. The molecule has 1 aromatic carbocycles. The van der Waals surface area contributed by atoms with Gasteiger partial charge in [-0.1, -0.05) is 44.2 Å². The number of piperazine rings is 1. The standard InChI is InChI=1S/C17H26N2O/c1-13(2)16-11-18-14(3)12-19(16)17(20)10-9-15-7-5-4-6-8-15/h4-8,13-14,16,18H,9-12H2,1-3H3. The van der Waals surface area contributed by atoms with Crippen molar-refractivity contribution < 1.29 is 4.79 Å².